The molecule has 2 aliphatic rings. The molecule has 0 amide bonds. The van der Waals surface area contributed by atoms with Gasteiger partial charge in [-0.05, 0) is 38.1 Å². The van der Waals surface area contributed by atoms with Gasteiger partial charge in [0.1, 0.15) is 5.54 Å². The number of likely N-dealkylation sites (tertiary alicyclic amines) is 1. The van der Waals surface area contributed by atoms with Crippen molar-refractivity contribution >= 4 is 5.97 Å². The third kappa shape index (κ3) is 1.97. The summed E-state index contributed by atoms with van der Waals surface area (Å²) >= 11 is 0. The second-order valence-electron chi connectivity index (χ2n) is 5.41. The predicted octanol–water partition coefficient (Wildman–Crippen LogP) is 2.51. The first-order valence-electron chi connectivity index (χ1n) is 6.67. The minimum Gasteiger partial charge on any atom is -0.480 e. The van der Waals surface area contributed by atoms with Gasteiger partial charge in [0.05, 0.1) is 0 Å². The molecule has 1 aliphatic carbocycles. The number of hydrogen-bond acceptors (Lipinski definition) is 2. The summed E-state index contributed by atoms with van der Waals surface area (Å²) in [5.74, 6) is 0.132. The molecule has 0 aromatic rings. The third-order valence-corrected chi connectivity index (χ3v) is 4.53. The number of carboxylic acid groups (broad SMARTS) is 1. The van der Waals surface area contributed by atoms with Gasteiger partial charge in [-0.1, -0.05) is 26.2 Å². The average Bonchev–Trinajstić information content (AvgIpc) is 2.79. The Kier molecular flexibility index (Phi) is 3.53. The molecule has 1 unspecified atom stereocenters. The monoisotopic (exact) mass is 225 g/mol. The van der Waals surface area contributed by atoms with E-state index in [1.54, 1.807) is 0 Å². The normalized spacial score (nSPS) is 30.4. The lowest BCUT2D eigenvalue weighted by Gasteiger charge is -2.42. The van der Waals surface area contributed by atoms with E-state index in [0.29, 0.717) is 5.92 Å². The van der Waals surface area contributed by atoms with Crippen LogP contribution in [0.4, 0.5) is 0 Å². The summed E-state index contributed by atoms with van der Waals surface area (Å²) in [7, 11) is 0. The van der Waals surface area contributed by atoms with E-state index in [2.05, 4.69) is 11.8 Å². The van der Waals surface area contributed by atoms with E-state index >= 15 is 0 Å². The minimum absolute atomic E-state index is 0.506. The van der Waals surface area contributed by atoms with Gasteiger partial charge in [0.25, 0.3) is 0 Å². The second-order valence-corrected chi connectivity index (χ2v) is 5.41. The Balaban J connectivity index is 2.11. The van der Waals surface area contributed by atoms with Crippen molar-refractivity contribution in [2.24, 2.45) is 5.92 Å². The molecule has 1 heterocycles. The molecule has 1 saturated carbocycles. The minimum atomic E-state index is -0.582. The highest BCUT2D eigenvalue weighted by Gasteiger charge is 2.47. The van der Waals surface area contributed by atoms with E-state index in [1.807, 2.05) is 0 Å². The number of hydrogen-bond donors (Lipinski definition) is 1. The highest BCUT2D eigenvalue weighted by molar-refractivity contribution is 5.79. The van der Waals surface area contributed by atoms with Gasteiger partial charge in [0.15, 0.2) is 0 Å². The van der Waals surface area contributed by atoms with Crippen LogP contribution in [0.2, 0.25) is 0 Å². The van der Waals surface area contributed by atoms with E-state index in [9.17, 15) is 9.90 Å². The molecule has 0 spiro atoms. The SMILES string of the molecule is CCC1CCCN(C2(C(=O)O)CCCC2)C1. The van der Waals surface area contributed by atoms with Crippen LogP contribution < -0.4 is 0 Å². The number of carboxylic acids is 1. The number of nitrogens with zero attached hydrogens (tertiary/aromatic N) is 1. The van der Waals surface area contributed by atoms with E-state index in [-0.39, 0.29) is 0 Å². The Hall–Kier alpha value is -0.570. The summed E-state index contributed by atoms with van der Waals surface area (Å²) in [5, 5.41) is 9.53. The number of piperidine rings is 1. The van der Waals surface area contributed by atoms with Crippen LogP contribution in [-0.4, -0.2) is 34.6 Å². The molecule has 1 aliphatic heterocycles. The lowest BCUT2D eigenvalue weighted by molar-refractivity contribution is -0.153. The first kappa shape index (κ1) is 11.9. The molecule has 2 fully saturated rings. The highest BCUT2D eigenvalue weighted by atomic mass is 16.4. The predicted molar refractivity (Wildman–Crippen MR) is 63.4 cm³/mol. The number of rotatable bonds is 3. The Morgan fingerprint density at radius 2 is 2.06 bits per heavy atom. The van der Waals surface area contributed by atoms with Gasteiger partial charge in [0.2, 0.25) is 0 Å². The number of aliphatic carboxylic acids is 1. The second kappa shape index (κ2) is 4.74. The van der Waals surface area contributed by atoms with Crippen molar-refractivity contribution in [3.05, 3.63) is 0 Å². The lowest BCUT2D eigenvalue weighted by Crippen LogP contribution is -2.56. The van der Waals surface area contributed by atoms with E-state index in [4.69, 9.17) is 0 Å². The van der Waals surface area contributed by atoms with Crippen molar-refractivity contribution in [1.29, 1.82) is 0 Å². The fraction of sp³-hybridized carbons (Fsp3) is 0.923. The van der Waals surface area contributed by atoms with E-state index in [1.165, 1.54) is 19.3 Å². The largest absolute Gasteiger partial charge is 0.480 e. The first-order valence-corrected chi connectivity index (χ1v) is 6.67. The fourth-order valence-corrected chi connectivity index (χ4v) is 3.41. The molecule has 0 bridgehead atoms. The van der Waals surface area contributed by atoms with Gasteiger partial charge >= 0.3 is 5.97 Å². The Labute approximate surface area is 97.8 Å². The standard InChI is InChI=1S/C13H23NO2/c1-2-11-6-5-9-14(10-11)13(12(15)16)7-3-4-8-13/h11H,2-10H2,1H3,(H,15,16). The van der Waals surface area contributed by atoms with Gasteiger partial charge in [-0.25, -0.2) is 0 Å². The molecular weight excluding hydrogens is 202 g/mol. The quantitative estimate of drug-likeness (QED) is 0.802. The molecular formula is C13H23NO2. The molecule has 2 rings (SSSR count). The molecule has 0 radical (unpaired) electrons. The van der Waals surface area contributed by atoms with Gasteiger partial charge in [0, 0.05) is 6.54 Å². The first-order chi connectivity index (χ1) is 7.69. The summed E-state index contributed by atoms with van der Waals surface area (Å²) < 4.78 is 0. The van der Waals surface area contributed by atoms with Crippen LogP contribution in [0.25, 0.3) is 0 Å². The maximum absolute atomic E-state index is 11.6. The van der Waals surface area contributed by atoms with Crippen LogP contribution >= 0.6 is 0 Å². The summed E-state index contributed by atoms with van der Waals surface area (Å²) in [6, 6.07) is 0. The zero-order valence-corrected chi connectivity index (χ0v) is 10.2. The van der Waals surface area contributed by atoms with Crippen LogP contribution in [-0.2, 0) is 4.79 Å². The average molecular weight is 225 g/mol. The Bertz CT molecular complexity index is 259. The fourth-order valence-electron chi connectivity index (χ4n) is 3.41. The van der Waals surface area contributed by atoms with Crippen LogP contribution in [0, 0.1) is 5.92 Å². The van der Waals surface area contributed by atoms with Crippen LogP contribution in [0.3, 0.4) is 0 Å². The van der Waals surface area contributed by atoms with Crippen molar-refractivity contribution in [2.75, 3.05) is 13.1 Å². The maximum Gasteiger partial charge on any atom is 0.324 e. The zero-order valence-electron chi connectivity index (χ0n) is 10.2. The molecule has 1 atom stereocenters. The molecule has 92 valence electrons. The topological polar surface area (TPSA) is 40.5 Å². The van der Waals surface area contributed by atoms with Crippen LogP contribution in [0.1, 0.15) is 51.9 Å². The summed E-state index contributed by atoms with van der Waals surface area (Å²) in [6.07, 6.45) is 7.53. The molecule has 3 nitrogen and oxygen atoms in total. The third-order valence-electron chi connectivity index (χ3n) is 4.53. The molecule has 1 saturated heterocycles. The van der Waals surface area contributed by atoms with Crippen LogP contribution in [0.15, 0.2) is 0 Å². The molecule has 16 heavy (non-hydrogen) atoms. The van der Waals surface area contributed by atoms with Crippen molar-refractivity contribution in [1.82, 2.24) is 4.90 Å². The summed E-state index contributed by atoms with van der Waals surface area (Å²) in [4.78, 5) is 13.9. The van der Waals surface area contributed by atoms with Crippen molar-refractivity contribution in [3.63, 3.8) is 0 Å². The summed E-state index contributed by atoms with van der Waals surface area (Å²) in [5.41, 5.74) is -0.506. The van der Waals surface area contributed by atoms with Gasteiger partial charge in [-0.2, -0.15) is 0 Å². The molecule has 0 aromatic heterocycles. The lowest BCUT2D eigenvalue weighted by atomic mass is 9.88. The Morgan fingerprint density at radius 3 is 2.62 bits per heavy atom. The summed E-state index contributed by atoms with van der Waals surface area (Å²) in [6.45, 7) is 4.21. The van der Waals surface area contributed by atoms with Gasteiger partial charge in [-0.3, -0.25) is 9.69 Å². The van der Waals surface area contributed by atoms with E-state index < -0.39 is 11.5 Å². The van der Waals surface area contributed by atoms with Gasteiger partial charge < -0.3 is 5.11 Å². The highest BCUT2D eigenvalue weighted by Crippen LogP contribution is 2.38. The smallest absolute Gasteiger partial charge is 0.324 e. The molecule has 1 N–H and O–H groups in total. The van der Waals surface area contributed by atoms with Crippen molar-refractivity contribution in [3.8, 4) is 0 Å². The van der Waals surface area contributed by atoms with Crippen molar-refractivity contribution < 1.29 is 9.90 Å². The molecule has 3 heteroatoms. The van der Waals surface area contributed by atoms with Crippen LogP contribution in [0.5, 0.6) is 0 Å². The van der Waals surface area contributed by atoms with Crippen molar-refractivity contribution in [2.45, 2.75) is 57.4 Å². The van der Waals surface area contributed by atoms with Gasteiger partial charge in [-0.15, -0.1) is 0 Å². The van der Waals surface area contributed by atoms with E-state index in [0.717, 1.165) is 38.8 Å². The number of carbonyl (C=O) groups is 1. The Morgan fingerprint density at radius 1 is 1.38 bits per heavy atom. The zero-order chi connectivity index (χ0) is 11.6. The maximum atomic E-state index is 11.6. The molecule has 0 aromatic carbocycles.